The van der Waals surface area contributed by atoms with Crippen molar-refractivity contribution in [2.24, 2.45) is 0 Å². The Morgan fingerprint density at radius 2 is 0.492 bits per heavy atom. The van der Waals surface area contributed by atoms with E-state index in [0.29, 0.717) is 37.1 Å². The number of rotatable bonds is 38. The molecule has 0 unspecified atom stereocenters. The van der Waals surface area contributed by atoms with Crippen LogP contribution in [-0.4, -0.2) is 47.5 Å². The van der Waals surface area contributed by atoms with Crippen LogP contribution < -0.4 is 47.7 Å². The van der Waals surface area contributed by atoms with Gasteiger partial charge in [-0.15, -0.1) is 0 Å². The van der Waals surface area contributed by atoms with Gasteiger partial charge in [-0.2, -0.15) is 0 Å². The van der Waals surface area contributed by atoms with Gasteiger partial charge in [0.2, 0.25) is 0 Å². The monoisotopic (exact) mass is 1730 g/mol. The number of benzene rings is 11. The van der Waals surface area contributed by atoms with E-state index in [4.69, 9.17) is 37.9 Å². The predicted octanol–water partition coefficient (Wildman–Crippen LogP) is 28.4. The molecule has 2 aliphatic heterocycles. The van der Waals surface area contributed by atoms with Gasteiger partial charge in [0.05, 0.1) is 33.6 Å². The van der Waals surface area contributed by atoms with Gasteiger partial charge < -0.3 is 37.9 Å². The van der Waals surface area contributed by atoms with Crippen molar-refractivity contribution >= 4 is 102 Å². The fourth-order valence-corrected chi connectivity index (χ4v) is 18.5. The summed E-state index contributed by atoms with van der Waals surface area (Å²) in [7, 11) is 0. The van der Waals surface area contributed by atoms with E-state index < -0.39 is 47.5 Å². The third-order valence-corrected chi connectivity index (χ3v) is 25.1. The third-order valence-electron chi connectivity index (χ3n) is 25.1. The summed E-state index contributed by atoms with van der Waals surface area (Å²) in [4.78, 5) is 125. The van der Waals surface area contributed by atoms with Gasteiger partial charge in [0.15, 0.2) is 0 Å². The van der Waals surface area contributed by atoms with Crippen LogP contribution in [0.2, 0.25) is 0 Å². The van der Waals surface area contributed by atoms with Crippen LogP contribution in [0.25, 0.3) is 43.1 Å². The number of ether oxygens (including phenoxy) is 8. The van der Waals surface area contributed by atoms with Gasteiger partial charge in [-0.1, -0.05) is 187 Å². The molecule has 0 bridgehead atoms. The summed E-state index contributed by atoms with van der Waals surface area (Å²) >= 11 is 0. The van der Waals surface area contributed by atoms with Crippen molar-refractivity contribution in [1.29, 1.82) is 0 Å². The van der Waals surface area contributed by atoms with Crippen molar-refractivity contribution in [2.75, 3.05) is 9.80 Å². The number of fused-ring (bicyclic) bond motifs is 2. The van der Waals surface area contributed by atoms with E-state index >= 15 is 19.2 Å². The first-order valence-electron chi connectivity index (χ1n) is 45.8. The molecule has 0 radical (unpaired) electrons. The summed E-state index contributed by atoms with van der Waals surface area (Å²) < 4.78 is 53.7. The van der Waals surface area contributed by atoms with Crippen LogP contribution in [-0.2, 0) is 19.2 Å². The summed E-state index contributed by atoms with van der Waals surface area (Å²) in [6.45, 7) is 16.1. The largest absolute Gasteiger partial charge is 0.457 e. The van der Waals surface area contributed by atoms with Crippen molar-refractivity contribution in [3.8, 4) is 69.0 Å². The van der Waals surface area contributed by atoms with E-state index in [-0.39, 0.29) is 184 Å². The van der Waals surface area contributed by atoms with E-state index in [1.807, 2.05) is 116 Å². The second-order valence-corrected chi connectivity index (χ2v) is 35.6. The van der Waals surface area contributed by atoms with E-state index in [2.05, 4.69) is 48.6 Å². The fraction of sp³-hybridized carbons (Fsp3) is 0.286. The van der Waals surface area contributed by atoms with Crippen molar-refractivity contribution in [3.63, 3.8) is 0 Å². The average Bonchev–Trinajstić information content (AvgIpc) is 0.706. The van der Waals surface area contributed by atoms with Crippen LogP contribution >= 0.6 is 0 Å². The molecule has 11 aromatic rings. The molecule has 17 rings (SSSR count). The zero-order valence-corrected chi connectivity index (χ0v) is 74.8. The smallest absolute Gasteiger partial charge is 0.311 e. The van der Waals surface area contributed by atoms with E-state index in [0.717, 1.165) is 99.3 Å². The summed E-state index contributed by atoms with van der Waals surface area (Å²) in [6.07, 6.45) is 38.8. The molecule has 6 aliphatic rings. The highest BCUT2D eigenvalue weighted by Crippen LogP contribution is 2.59. The molecule has 0 aromatic heterocycles. The first kappa shape index (κ1) is 88.0. The maximum absolute atomic E-state index is 16.9. The molecule has 0 saturated carbocycles. The molecule has 0 N–H and O–H groups in total. The quantitative estimate of drug-likeness (QED) is 0.00877. The number of hydrogen-bond acceptors (Lipinski definition) is 16. The van der Waals surface area contributed by atoms with Crippen LogP contribution in [0.4, 0.5) is 11.4 Å². The predicted molar refractivity (Wildman–Crippen MR) is 509 cm³/mol. The van der Waals surface area contributed by atoms with Crippen molar-refractivity contribution in [3.05, 3.63) is 297 Å². The van der Waals surface area contributed by atoms with Crippen LogP contribution in [0.5, 0.6) is 69.0 Å². The lowest BCUT2D eigenvalue weighted by Gasteiger charge is -2.35. The van der Waals surface area contributed by atoms with E-state index in [1.165, 1.54) is 32.1 Å². The standard InChI is InChI=1S/C112H106N2O16/c1-67(2)83-39-25-40-84(68(3)4)107(83)113-109(119)87-63-91(123-75-47-55-79(56-48-75)127-95(115)43-21-17-35-71-27-9-10-28-71)101-103-93(125-77-51-59-81(60-52-77)129-97(117)45-23-19-37-73-31-13-14-32-73)65-89-100-90(112(122)114(111(89)121)108-85(69(5)6)41-26-42-86(108)70(7)8)66-94(126-78-53-61-82(62-54-78)130-98(118)46-24-20-38-74-33-15-16-34-74)104(106(100)103)102-92(64-88(110(113)120)99(87)105(101)102)124-76-49-57-80(58-50-76)128-96(116)44-22-18-36-72-29-11-12-30-72/h9-16,25-27,29,31,33,39-42,47-70H,17-24,28,30,32,34-38,43-46H2,1-8H3. The highest BCUT2D eigenvalue weighted by atomic mass is 16.6. The molecule has 4 amide bonds. The SMILES string of the molecule is CC(C)c1cccc(C(C)C)c1N1C(=O)c2cc(Oc3ccc(OC(=O)CCCCC4=CC=CC4)cc3)c3c4c(Oc5ccc(OC(=O)CCCCC6=CC=CC6)cc5)cc5c6c(cc(Oc7ccc(OC(=O)CCCCC8=CC=CC8)cc7)c(c7c(Oc8ccc(OC(=O)CCCCC9=CC=CC9)cc8)cc(c2c37)C1=O)c64)C(=O)N(c1c(C(C)C)cccc1C(C)C)C5=O. The Kier molecular flexibility index (Phi) is 26.3. The molecule has 4 aliphatic carbocycles. The molecule has 0 fully saturated rings. The van der Waals surface area contributed by atoms with Crippen molar-refractivity contribution in [1.82, 2.24) is 0 Å². The van der Waals surface area contributed by atoms with Crippen LogP contribution in [0, 0.1) is 0 Å². The second-order valence-electron chi connectivity index (χ2n) is 35.6. The van der Waals surface area contributed by atoms with Gasteiger partial charge in [-0.25, -0.2) is 9.80 Å². The minimum Gasteiger partial charge on any atom is -0.457 e. The van der Waals surface area contributed by atoms with Gasteiger partial charge in [0.25, 0.3) is 23.6 Å². The highest BCUT2D eigenvalue weighted by Gasteiger charge is 2.45. The Morgan fingerprint density at radius 3 is 0.692 bits per heavy atom. The molecule has 0 spiro atoms. The zero-order chi connectivity index (χ0) is 90.4. The van der Waals surface area contributed by atoms with Gasteiger partial charge in [0.1, 0.15) is 69.0 Å². The average molecular weight is 1740 g/mol. The molecule has 2 heterocycles. The Bertz CT molecular complexity index is 5810. The summed E-state index contributed by atoms with van der Waals surface area (Å²) in [6, 6.07) is 44.3. The maximum Gasteiger partial charge on any atom is 0.311 e. The minimum atomic E-state index is -0.682. The molecule has 130 heavy (non-hydrogen) atoms. The molecule has 11 aromatic carbocycles. The van der Waals surface area contributed by atoms with E-state index in [1.54, 1.807) is 121 Å². The first-order valence-corrected chi connectivity index (χ1v) is 45.8. The van der Waals surface area contributed by atoms with Crippen LogP contribution in [0.15, 0.2) is 253 Å². The van der Waals surface area contributed by atoms with E-state index in [9.17, 15) is 19.2 Å². The summed E-state index contributed by atoms with van der Waals surface area (Å²) in [5.41, 5.74) is 9.24. The number of para-hydroxylation sites is 2. The Labute approximate surface area is 757 Å². The Balaban J connectivity index is 0.903. The number of amides is 4. The molecular weight excluding hydrogens is 1630 g/mol. The zero-order valence-electron chi connectivity index (χ0n) is 74.8. The molecule has 18 heteroatoms. The number of esters is 4. The highest BCUT2D eigenvalue weighted by molar-refractivity contribution is 6.48. The maximum atomic E-state index is 16.9. The fourth-order valence-electron chi connectivity index (χ4n) is 18.5. The molecule has 18 nitrogen and oxygen atoms in total. The number of imide groups is 2. The van der Waals surface area contributed by atoms with Crippen molar-refractivity contribution in [2.45, 2.75) is 207 Å². The minimum absolute atomic E-state index is 0.0283. The molecule has 660 valence electrons. The van der Waals surface area contributed by atoms with Crippen LogP contribution in [0.3, 0.4) is 0 Å². The van der Waals surface area contributed by atoms with Gasteiger partial charge >= 0.3 is 23.9 Å². The molecule has 0 atom stereocenters. The lowest BCUT2D eigenvalue weighted by Crippen LogP contribution is -2.42. The van der Waals surface area contributed by atoms with Crippen LogP contribution in [0.1, 0.15) is 271 Å². The van der Waals surface area contributed by atoms with Crippen molar-refractivity contribution < 1.29 is 76.3 Å². The molecular formula is C112H106N2O16. The Morgan fingerprint density at radius 1 is 0.277 bits per heavy atom. The topological polar surface area (TPSA) is 217 Å². The summed E-state index contributed by atoms with van der Waals surface area (Å²) in [5, 5.41) is 1.69. The number of unbranched alkanes of at least 4 members (excludes halogenated alkanes) is 4. The third kappa shape index (κ3) is 18.8. The normalized spacial score (nSPS) is 14.4. The van der Waals surface area contributed by atoms with Gasteiger partial charge in [0, 0.05) is 68.8 Å². The number of carbonyl (C=O) groups is 8. The van der Waals surface area contributed by atoms with Gasteiger partial charge in [-0.3, -0.25) is 38.4 Å². The molecule has 0 saturated heterocycles. The number of nitrogens with zero attached hydrogens (tertiary/aromatic N) is 2. The summed E-state index contributed by atoms with van der Waals surface area (Å²) in [5.74, 6) is -3.20. The van der Waals surface area contributed by atoms with Gasteiger partial charge in [-0.05, 0) is 270 Å². The number of allylic oxidation sites excluding steroid dienone is 16. The number of hydrogen-bond donors (Lipinski definition) is 0. The second kappa shape index (κ2) is 38.9. The first-order chi connectivity index (χ1) is 63.1. The lowest BCUT2D eigenvalue weighted by atomic mass is 9.80. The Hall–Kier alpha value is -14.0. The number of anilines is 2. The number of carbonyl (C=O) groups excluding carboxylic acids is 8. The lowest BCUT2D eigenvalue weighted by molar-refractivity contribution is -0.135.